The molecule has 148 valence electrons. The van der Waals surface area contributed by atoms with Gasteiger partial charge in [-0.25, -0.2) is 9.78 Å². The number of halogens is 1. The van der Waals surface area contributed by atoms with E-state index in [0.29, 0.717) is 22.2 Å². The number of pyridine rings is 1. The number of fused-ring (bicyclic) bond motifs is 1. The monoisotopic (exact) mass is 462 g/mol. The number of ether oxygens (including phenoxy) is 1. The Labute approximate surface area is 180 Å². The van der Waals surface area contributed by atoms with Gasteiger partial charge >= 0.3 is 5.97 Å². The zero-order chi connectivity index (χ0) is 21.3. The number of carbonyl (C=O) groups excluding carboxylic acids is 1. The second-order valence-electron chi connectivity index (χ2n) is 6.72. The number of nitro benzene ring substituents is 1. The van der Waals surface area contributed by atoms with E-state index in [-0.39, 0.29) is 11.4 Å². The summed E-state index contributed by atoms with van der Waals surface area (Å²) in [6.07, 6.45) is 0. The third-order valence-corrected chi connectivity index (χ3v) is 5.11. The third-order valence-electron chi connectivity index (χ3n) is 4.58. The summed E-state index contributed by atoms with van der Waals surface area (Å²) >= 11 is 3.42. The van der Waals surface area contributed by atoms with Crippen LogP contribution in [0.5, 0.6) is 5.75 Å². The smallest absolute Gasteiger partial charge is 0.344 e. The molecule has 7 heteroatoms. The fourth-order valence-corrected chi connectivity index (χ4v) is 3.34. The molecular formula is C23H15BrN2O4. The zero-order valence-electron chi connectivity index (χ0n) is 15.8. The second-order valence-corrected chi connectivity index (χ2v) is 7.64. The number of rotatable bonds is 4. The molecule has 0 spiro atoms. The molecule has 0 fully saturated rings. The number of aromatic nitrogens is 1. The molecule has 1 aromatic heterocycles. The molecule has 3 aromatic carbocycles. The van der Waals surface area contributed by atoms with Gasteiger partial charge in [0.2, 0.25) is 0 Å². The van der Waals surface area contributed by atoms with Crippen LogP contribution in [0.2, 0.25) is 0 Å². The summed E-state index contributed by atoms with van der Waals surface area (Å²) in [7, 11) is 0. The predicted octanol–water partition coefficient (Wildman–Crippen LogP) is 6.10. The first-order valence-electron chi connectivity index (χ1n) is 9.05. The van der Waals surface area contributed by atoms with Crippen molar-refractivity contribution in [1.82, 2.24) is 4.98 Å². The molecule has 0 aliphatic heterocycles. The molecule has 0 amide bonds. The molecule has 0 atom stereocenters. The Kier molecular flexibility index (Phi) is 5.29. The Balaban J connectivity index is 1.77. The maximum atomic E-state index is 13.0. The second kappa shape index (κ2) is 8.04. The molecule has 0 N–H and O–H groups in total. The Morgan fingerprint density at radius 1 is 1.00 bits per heavy atom. The molecule has 4 rings (SSSR count). The summed E-state index contributed by atoms with van der Waals surface area (Å²) < 4.78 is 6.44. The Bertz CT molecular complexity index is 1270. The predicted molar refractivity (Wildman–Crippen MR) is 118 cm³/mol. The number of aryl methyl sites for hydroxylation is 1. The van der Waals surface area contributed by atoms with Gasteiger partial charge in [-0.15, -0.1) is 0 Å². The van der Waals surface area contributed by atoms with Crippen LogP contribution in [-0.2, 0) is 0 Å². The molecule has 0 saturated heterocycles. The van der Waals surface area contributed by atoms with Crippen LogP contribution in [0.15, 0.2) is 77.3 Å². The summed E-state index contributed by atoms with van der Waals surface area (Å²) in [6, 6.07) is 20.4. The van der Waals surface area contributed by atoms with Crippen molar-refractivity contribution < 1.29 is 14.5 Å². The Morgan fingerprint density at radius 2 is 1.70 bits per heavy atom. The van der Waals surface area contributed by atoms with Crippen molar-refractivity contribution in [3.05, 3.63) is 98.5 Å². The average molecular weight is 463 g/mol. The van der Waals surface area contributed by atoms with Crippen LogP contribution in [0.25, 0.3) is 22.2 Å². The fourth-order valence-electron chi connectivity index (χ4n) is 3.07. The minimum atomic E-state index is -0.555. The molecule has 1 heterocycles. The summed E-state index contributed by atoms with van der Waals surface area (Å²) in [5, 5.41) is 11.5. The lowest BCUT2D eigenvalue weighted by Crippen LogP contribution is -2.10. The molecular weight excluding hydrogens is 448 g/mol. The van der Waals surface area contributed by atoms with E-state index in [2.05, 4.69) is 15.9 Å². The van der Waals surface area contributed by atoms with Gasteiger partial charge in [0.1, 0.15) is 5.75 Å². The van der Waals surface area contributed by atoms with Gasteiger partial charge in [0.15, 0.2) is 0 Å². The number of hydrogen-bond acceptors (Lipinski definition) is 5. The van der Waals surface area contributed by atoms with Gasteiger partial charge in [-0.2, -0.15) is 0 Å². The number of carbonyl (C=O) groups is 1. The van der Waals surface area contributed by atoms with Crippen molar-refractivity contribution >= 4 is 38.5 Å². The summed E-state index contributed by atoms with van der Waals surface area (Å²) in [4.78, 5) is 28.0. The Hall–Kier alpha value is -3.58. The van der Waals surface area contributed by atoms with E-state index < -0.39 is 10.9 Å². The first-order chi connectivity index (χ1) is 14.4. The van der Waals surface area contributed by atoms with E-state index in [4.69, 9.17) is 9.72 Å². The number of nitro groups is 1. The molecule has 4 aromatic rings. The molecule has 0 unspecified atom stereocenters. The van der Waals surface area contributed by atoms with Crippen LogP contribution in [0.3, 0.4) is 0 Å². The van der Waals surface area contributed by atoms with Gasteiger partial charge in [-0.05, 0) is 49.4 Å². The minimum Gasteiger partial charge on any atom is -0.423 e. The van der Waals surface area contributed by atoms with Crippen molar-refractivity contribution in [3.63, 3.8) is 0 Å². The van der Waals surface area contributed by atoms with E-state index in [1.165, 1.54) is 24.3 Å². The summed E-state index contributed by atoms with van der Waals surface area (Å²) in [5.74, 6) is -0.325. The van der Waals surface area contributed by atoms with Crippen molar-refractivity contribution in [1.29, 1.82) is 0 Å². The zero-order valence-corrected chi connectivity index (χ0v) is 17.4. The van der Waals surface area contributed by atoms with Gasteiger partial charge in [-0.1, -0.05) is 39.7 Å². The van der Waals surface area contributed by atoms with E-state index in [1.54, 1.807) is 6.07 Å². The van der Waals surface area contributed by atoms with Crippen molar-refractivity contribution in [2.45, 2.75) is 6.92 Å². The van der Waals surface area contributed by atoms with Crippen LogP contribution in [0, 0.1) is 17.0 Å². The highest BCUT2D eigenvalue weighted by Crippen LogP contribution is 2.28. The molecule has 6 nitrogen and oxygen atoms in total. The SMILES string of the molecule is Cc1ccc2nc(-c3ccc(Br)cc3)cc(C(=O)Oc3ccc([N+](=O)[O-])cc3)c2c1. The molecule has 0 bridgehead atoms. The number of benzene rings is 3. The highest BCUT2D eigenvalue weighted by molar-refractivity contribution is 9.10. The topological polar surface area (TPSA) is 82.3 Å². The number of nitrogens with zero attached hydrogens (tertiary/aromatic N) is 2. The number of non-ortho nitro benzene ring substituents is 1. The van der Waals surface area contributed by atoms with Crippen LogP contribution < -0.4 is 4.74 Å². The van der Waals surface area contributed by atoms with E-state index >= 15 is 0 Å². The van der Waals surface area contributed by atoms with Gasteiger partial charge in [-0.3, -0.25) is 10.1 Å². The van der Waals surface area contributed by atoms with Crippen molar-refractivity contribution in [3.8, 4) is 17.0 Å². The minimum absolute atomic E-state index is 0.0719. The van der Waals surface area contributed by atoms with E-state index in [9.17, 15) is 14.9 Å². The number of hydrogen-bond donors (Lipinski definition) is 0. The van der Waals surface area contributed by atoms with Gasteiger partial charge in [0.05, 0.1) is 21.7 Å². The highest BCUT2D eigenvalue weighted by atomic mass is 79.9. The standard InChI is InChI=1S/C23H15BrN2O4/c1-14-2-11-21-19(12-14)20(13-22(25-21)15-3-5-16(24)6-4-15)23(27)30-18-9-7-17(8-10-18)26(28)29/h2-13H,1H3. The van der Waals surface area contributed by atoms with Gasteiger partial charge in [0, 0.05) is 27.6 Å². The Morgan fingerprint density at radius 3 is 2.37 bits per heavy atom. The third kappa shape index (κ3) is 4.06. The number of esters is 1. The summed E-state index contributed by atoms with van der Waals surface area (Å²) in [6.45, 7) is 1.94. The average Bonchev–Trinajstić information content (AvgIpc) is 2.74. The largest absolute Gasteiger partial charge is 0.423 e. The molecule has 0 radical (unpaired) electrons. The molecule has 0 saturated carbocycles. The first kappa shape index (κ1) is 19.7. The van der Waals surface area contributed by atoms with Crippen LogP contribution >= 0.6 is 15.9 Å². The molecule has 0 aliphatic rings. The van der Waals surface area contributed by atoms with Crippen LogP contribution in [-0.4, -0.2) is 15.9 Å². The molecule has 30 heavy (non-hydrogen) atoms. The quantitative estimate of drug-likeness (QED) is 0.158. The molecule has 0 aliphatic carbocycles. The fraction of sp³-hybridized carbons (Fsp3) is 0.0435. The lowest BCUT2D eigenvalue weighted by molar-refractivity contribution is -0.384. The maximum absolute atomic E-state index is 13.0. The van der Waals surface area contributed by atoms with E-state index in [1.807, 2.05) is 49.4 Å². The maximum Gasteiger partial charge on any atom is 0.344 e. The van der Waals surface area contributed by atoms with Crippen LogP contribution in [0.1, 0.15) is 15.9 Å². The van der Waals surface area contributed by atoms with Gasteiger partial charge in [0.25, 0.3) is 5.69 Å². The van der Waals surface area contributed by atoms with Crippen molar-refractivity contribution in [2.24, 2.45) is 0 Å². The van der Waals surface area contributed by atoms with Crippen LogP contribution in [0.4, 0.5) is 5.69 Å². The summed E-state index contributed by atoms with van der Waals surface area (Å²) in [5.41, 5.74) is 3.48. The van der Waals surface area contributed by atoms with Gasteiger partial charge < -0.3 is 4.74 Å². The first-order valence-corrected chi connectivity index (χ1v) is 9.84. The highest BCUT2D eigenvalue weighted by Gasteiger charge is 2.17. The van der Waals surface area contributed by atoms with E-state index in [0.717, 1.165) is 15.6 Å². The van der Waals surface area contributed by atoms with Crippen molar-refractivity contribution in [2.75, 3.05) is 0 Å². The lowest BCUT2D eigenvalue weighted by atomic mass is 10.0. The lowest BCUT2D eigenvalue weighted by Gasteiger charge is -2.11. The normalized spacial score (nSPS) is 10.7.